The van der Waals surface area contributed by atoms with Gasteiger partial charge in [0.2, 0.25) is 5.95 Å². The molecule has 0 saturated carbocycles. The Hall–Kier alpha value is -2.68. The molecule has 27 heavy (non-hydrogen) atoms. The van der Waals surface area contributed by atoms with Gasteiger partial charge in [-0.25, -0.2) is 4.98 Å². The molecule has 0 spiro atoms. The van der Waals surface area contributed by atoms with Crippen LogP contribution >= 0.6 is 0 Å². The van der Waals surface area contributed by atoms with Gasteiger partial charge in [0.05, 0.1) is 18.3 Å². The summed E-state index contributed by atoms with van der Waals surface area (Å²) < 4.78 is 4.81. The first-order valence-corrected chi connectivity index (χ1v) is 9.22. The number of carbonyl (C=O) groups excluding carboxylic acids is 1. The lowest BCUT2D eigenvalue weighted by Gasteiger charge is -2.35. The molecule has 0 unspecified atom stereocenters. The highest BCUT2D eigenvalue weighted by Crippen LogP contribution is 2.30. The quantitative estimate of drug-likeness (QED) is 0.840. The number of fused-ring (bicyclic) bond motifs is 1. The number of piperidine rings is 1. The predicted octanol–water partition coefficient (Wildman–Crippen LogP) is 0.690. The van der Waals surface area contributed by atoms with E-state index in [0.29, 0.717) is 31.2 Å². The van der Waals surface area contributed by atoms with Crippen molar-refractivity contribution in [3.8, 4) is 0 Å². The summed E-state index contributed by atoms with van der Waals surface area (Å²) in [6, 6.07) is 1.58. The van der Waals surface area contributed by atoms with E-state index in [1.165, 1.54) is 6.26 Å². The Labute approximate surface area is 157 Å². The predicted molar refractivity (Wildman–Crippen MR) is 98.8 cm³/mol. The van der Waals surface area contributed by atoms with E-state index in [4.69, 9.17) is 14.5 Å². The molecule has 0 bridgehead atoms. The van der Waals surface area contributed by atoms with Gasteiger partial charge in [-0.15, -0.1) is 0 Å². The largest absolute Gasteiger partial charge is 0.393 e. The van der Waals surface area contributed by atoms with Crippen molar-refractivity contribution >= 4 is 17.7 Å². The zero-order valence-electron chi connectivity index (χ0n) is 15.6. The number of aliphatic hydroxyl groups excluding tert-OH is 1. The molecular formula is C18H24N6O3. The summed E-state index contributed by atoms with van der Waals surface area (Å²) in [6.45, 7) is 2.52. The van der Waals surface area contributed by atoms with Crippen LogP contribution in [0.4, 0.5) is 11.8 Å². The molecule has 9 nitrogen and oxygen atoms in total. The topological polar surface area (TPSA) is 98.8 Å². The van der Waals surface area contributed by atoms with E-state index in [1.54, 1.807) is 11.0 Å². The highest BCUT2D eigenvalue weighted by Gasteiger charge is 2.30. The second-order valence-electron chi connectivity index (χ2n) is 7.25. The van der Waals surface area contributed by atoms with E-state index in [-0.39, 0.29) is 12.0 Å². The minimum Gasteiger partial charge on any atom is -0.393 e. The fraction of sp³-hybridized carbons (Fsp3) is 0.556. The Morgan fingerprint density at radius 2 is 2.04 bits per heavy atom. The van der Waals surface area contributed by atoms with E-state index in [1.807, 2.05) is 19.0 Å². The van der Waals surface area contributed by atoms with Crippen LogP contribution < -0.4 is 9.80 Å². The fourth-order valence-corrected chi connectivity index (χ4v) is 3.58. The molecule has 4 heterocycles. The number of nitrogens with zero attached hydrogens (tertiary/aromatic N) is 6. The number of hydrogen-bond acceptors (Lipinski definition) is 8. The van der Waals surface area contributed by atoms with Crippen LogP contribution in [0.15, 0.2) is 16.9 Å². The molecule has 1 amide bonds. The van der Waals surface area contributed by atoms with Gasteiger partial charge in [0, 0.05) is 51.8 Å². The van der Waals surface area contributed by atoms with Gasteiger partial charge in [0.25, 0.3) is 5.91 Å². The van der Waals surface area contributed by atoms with Crippen molar-refractivity contribution in [1.29, 1.82) is 0 Å². The standard InChI is InChI=1S/C18H24N6O3/c1-22(2)18-19-14-5-9-24(17(26)15-6-10-27-21-15)11-13(14)16(20-18)23-7-3-12(25)4-8-23/h6,10,12,25H,3-5,7-9,11H2,1-2H3. The van der Waals surface area contributed by atoms with Crippen molar-refractivity contribution in [2.45, 2.75) is 31.9 Å². The van der Waals surface area contributed by atoms with Crippen LogP contribution in [0.3, 0.4) is 0 Å². The third-order valence-electron chi connectivity index (χ3n) is 5.13. The van der Waals surface area contributed by atoms with Crippen molar-refractivity contribution in [1.82, 2.24) is 20.0 Å². The molecule has 2 aliphatic rings. The number of hydrogen-bond donors (Lipinski definition) is 1. The molecule has 0 aromatic carbocycles. The zero-order chi connectivity index (χ0) is 19.0. The maximum Gasteiger partial charge on any atom is 0.276 e. The first kappa shape index (κ1) is 17.7. The Bertz CT molecular complexity index is 815. The summed E-state index contributed by atoms with van der Waals surface area (Å²) in [4.78, 5) is 28.0. The summed E-state index contributed by atoms with van der Waals surface area (Å²) in [5, 5.41) is 13.6. The highest BCUT2D eigenvalue weighted by molar-refractivity contribution is 5.92. The molecule has 2 aromatic rings. The smallest absolute Gasteiger partial charge is 0.276 e. The molecule has 0 aliphatic carbocycles. The van der Waals surface area contributed by atoms with Crippen LogP contribution in [0.2, 0.25) is 0 Å². The van der Waals surface area contributed by atoms with Gasteiger partial charge < -0.3 is 24.3 Å². The third-order valence-corrected chi connectivity index (χ3v) is 5.13. The summed E-state index contributed by atoms with van der Waals surface area (Å²) >= 11 is 0. The van der Waals surface area contributed by atoms with Crippen LogP contribution in [0, 0.1) is 0 Å². The average molecular weight is 372 g/mol. The second-order valence-corrected chi connectivity index (χ2v) is 7.25. The van der Waals surface area contributed by atoms with Gasteiger partial charge in [-0.2, -0.15) is 4.98 Å². The van der Waals surface area contributed by atoms with Gasteiger partial charge in [-0.3, -0.25) is 4.79 Å². The maximum atomic E-state index is 12.7. The molecular weight excluding hydrogens is 348 g/mol. The molecule has 0 atom stereocenters. The zero-order valence-corrected chi connectivity index (χ0v) is 15.6. The Morgan fingerprint density at radius 1 is 1.26 bits per heavy atom. The molecule has 2 aromatic heterocycles. The Kier molecular flexibility index (Phi) is 4.69. The lowest BCUT2D eigenvalue weighted by molar-refractivity contribution is 0.0723. The summed E-state index contributed by atoms with van der Waals surface area (Å²) in [5.41, 5.74) is 2.28. The van der Waals surface area contributed by atoms with Crippen LogP contribution in [0.25, 0.3) is 0 Å². The molecule has 2 aliphatic heterocycles. The molecule has 9 heteroatoms. The maximum absolute atomic E-state index is 12.7. The van der Waals surface area contributed by atoms with Crippen LogP contribution in [-0.4, -0.2) is 70.9 Å². The van der Waals surface area contributed by atoms with Crippen molar-refractivity contribution in [2.75, 3.05) is 43.5 Å². The van der Waals surface area contributed by atoms with Crippen LogP contribution in [-0.2, 0) is 13.0 Å². The van der Waals surface area contributed by atoms with Gasteiger partial charge in [-0.1, -0.05) is 5.16 Å². The van der Waals surface area contributed by atoms with Gasteiger partial charge >= 0.3 is 0 Å². The Morgan fingerprint density at radius 3 is 2.70 bits per heavy atom. The van der Waals surface area contributed by atoms with Crippen molar-refractivity contribution in [2.24, 2.45) is 0 Å². The van der Waals surface area contributed by atoms with Crippen LogP contribution in [0.5, 0.6) is 0 Å². The van der Waals surface area contributed by atoms with Gasteiger partial charge in [0.1, 0.15) is 12.1 Å². The van der Waals surface area contributed by atoms with Crippen molar-refractivity contribution < 1.29 is 14.4 Å². The van der Waals surface area contributed by atoms with E-state index in [0.717, 1.165) is 43.0 Å². The number of carbonyl (C=O) groups is 1. The molecule has 144 valence electrons. The second kappa shape index (κ2) is 7.15. The fourth-order valence-electron chi connectivity index (χ4n) is 3.58. The average Bonchev–Trinajstić information content (AvgIpc) is 3.21. The van der Waals surface area contributed by atoms with Crippen molar-refractivity contribution in [3.05, 3.63) is 29.3 Å². The highest BCUT2D eigenvalue weighted by atomic mass is 16.5. The normalized spacial score (nSPS) is 17.7. The van der Waals surface area contributed by atoms with Crippen LogP contribution in [0.1, 0.15) is 34.6 Å². The summed E-state index contributed by atoms with van der Waals surface area (Å²) in [5.74, 6) is 1.39. The first-order chi connectivity index (χ1) is 13.0. The molecule has 0 radical (unpaired) electrons. The number of aliphatic hydroxyl groups is 1. The minimum absolute atomic E-state index is 0.147. The van der Waals surface area contributed by atoms with Gasteiger partial charge in [-0.05, 0) is 12.8 Å². The van der Waals surface area contributed by atoms with E-state index >= 15 is 0 Å². The molecule has 1 saturated heterocycles. The number of anilines is 2. The van der Waals surface area contributed by atoms with E-state index < -0.39 is 0 Å². The Balaban J connectivity index is 1.67. The number of rotatable bonds is 3. The van der Waals surface area contributed by atoms with Crippen molar-refractivity contribution in [3.63, 3.8) is 0 Å². The molecule has 1 N–H and O–H groups in total. The number of aromatic nitrogens is 3. The lowest BCUT2D eigenvalue weighted by Crippen LogP contribution is -2.41. The monoisotopic (exact) mass is 372 g/mol. The summed E-state index contributed by atoms with van der Waals surface area (Å²) in [6.07, 6.45) is 3.26. The summed E-state index contributed by atoms with van der Waals surface area (Å²) in [7, 11) is 3.85. The van der Waals surface area contributed by atoms with E-state index in [9.17, 15) is 9.90 Å². The molecule has 1 fully saturated rings. The number of amides is 1. The SMILES string of the molecule is CN(C)c1nc2c(c(N3CCC(O)CC3)n1)CN(C(=O)c1ccon1)CC2. The van der Waals surface area contributed by atoms with Gasteiger partial charge in [0.15, 0.2) is 5.69 Å². The minimum atomic E-state index is -0.252. The molecule has 4 rings (SSSR count). The first-order valence-electron chi connectivity index (χ1n) is 9.22. The third kappa shape index (κ3) is 3.46. The van der Waals surface area contributed by atoms with E-state index in [2.05, 4.69) is 10.1 Å². The lowest BCUT2D eigenvalue weighted by atomic mass is 10.0.